The van der Waals surface area contributed by atoms with Gasteiger partial charge < -0.3 is 10.1 Å². The standard InChI is InChI=1S/C33H29ClF2N6O3/c1-19-5-3-8-29(27-14-21(11-12-37-27)31-28(40-32(19)44)17-39-41(31)2)42-18-38-26(16-30(42)43)25-15-22(34)9-10-24(25)20-6-4-7-23(13-20)45-33(35)36/h4,6-7,9-19,29,33H,3,5,8H2,1-2H3,(H,40,44). The molecule has 45 heavy (non-hydrogen) atoms. The van der Waals surface area contributed by atoms with E-state index < -0.39 is 12.7 Å². The molecule has 3 aromatic heterocycles. The quantitative estimate of drug-likeness (QED) is 0.225. The fourth-order valence-electron chi connectivity index (χ4n) is 5.69. The van der Waals surface area contributed by atoms with Gasteiger partial charge in [0.2, 0.25) is 5.91 Å². The van der Waals surface area contributed by atoms with Gasteiger partial charge in [0, 0.05) is 41.4 Å². The molecule has 2 bridgehead atoms. The summed E-state index contributed by atoms with van der Waals surface area (Å²) >= 11 is 6.36. The number of alkyl halides is 2. The van der Waals surface area contributed by atoms with E-state index in [-0.39, 0.29) is 23.1 Å². The van der Waals surface area contributed by atoms with E-state index in [2.05, 4.69) is 25.1 Å². The predicted octanol–water partition coefficient (Wildman–Crippen LogP) is 6.98. The van der Waals surface area contributed by atoms with E-state index in [1.165, 1.54) is 24.5 Å². The van der Waals surface area contributed by atoms with Crippen LogP contribution in [0.4, 0.5) is 14.5 Å². The normalized spacial score (nSPS) is 16.8. The van der Waals surface area contributed by atoms with Gasteiger partial charge >= 0.3 is 6.61 Å². The summed E-state index contributed by atoms with van der Waals surface area (Å²) in [6.07, 6.45) is 6.62. The van der Waals surface area contributed by atoms with Crippen molar-refractivity contribution < 1.29 is 18.3 Å². The molecule has 0 saturated heterocycles. The van der Waals surface area contributed by atoms with Gasteiger partial charge in [-0.2, -0.15) is 13.9 Å². The zero-order chi connectivity index (χ0) is 31.7. The van der Waals surface area contributed by atoms with Crippen LogP contribution >= 0.6 is 11.6 Å². The second-order valence-corrected chi connectivity index (χ2v) is 11.4. The maximum atomic E-state index is 13.8. The fraction of sp³-hybridized carbons (Fsp3) is 0.242. The average molecular weight is 631 g/mol. The van der Waals surface area contributed by atoms with Crippen LogP contribution in [-0.4, -0.2) is 36.8 Å². The lowest BCUT2D eigenvalue weighted by Gasteiger charge is -2.22. The number of nitrogens with zero attached hydrogens (tertiary/aromatic N) is 5. The van der Waals surface area contributed by atoms with Gasteiger partial charge in [0.1, 0.15) is 5.75 Å². The molecule has 0 radical (unpaired) electrons. The molecule has 2 atom stereocenters. The Bertz CT molecular complexity index is 1940. The summed E-state index contributed by atoms with van der Waals surface area (Å²) in [4.78, 5) is 36.1. The number of rotatable bonds is 5. The van der Waals surface area contributed by atoms with Crippen LogP contribution < -0.4 is 15.6 Å². The van der Waals surface area contributed by atoms with Gasteiger partial charge in [0.25, 0.3) is 5.56 Å². The number of anilines is 1. The number of halogens is 3. The third kappa shape index (κ3) is 6.34. The Labute approximate surface area is 262 Å². The average Bonchev–Trinajstić information content (AvgIpc) is 3.38. The highest BCUT2D eigenvalue weighted by molar-refractivity contribution is 6.31. The Morgan fingerprint density at radius 2 is 1.84 bits per heavy atom. The Morgan fingerprint density at radius 3 is 2.64 bits per heavy atom. The molecule has 0 fully saturated rings. The minimum absolute atomic E-state index is 0.00838. The molecule has 2 unspecified atom stereocenters. The number of hydrogen-bond donors (Lipinski definition) is 1. The zero-order valence-electron chi connectivity index (χ0n) is 24.5. The van der Waals surface area contributed by atoms with Crippen molar-refractivity contribution in [3.63, 3.8) is 0 Å². The summed E-state index contributed by atoms with van der Waals surface area (Å²) in [5.74, 6) is -0.343. The Hall–Kier alpha value is -4.90. The first-order chi connectivity index (χ1) is 21.7. The van der Waals surface area contributed by atoms with Crippen molar-refractivity contribution in [1.29, 1.82) is 0 Å². The molecule has 4 heterocycles. The van der Waals surface area contributed by atoms with Crippen LogP contribution in [0, 0.1) is 5.92 Å². The first-order valence-electron chi connectivity index (χ1n) is 14.4. The molecule has 0 saturated carbocycles. The third-order valence-corrected chi connectivity index (χ3v) is 8.19. The number of amides is 1. The van der Waals surface area contributed by atoms with Gasteiger partial charge in [-0.05, 0) is 60.4 Å². The van der Waals surface area contributed by atoms with Crippen LogP contribution in [0.25, 0.3) is 33.6 Å². The molecule has 1 amide bonds. The van der Waals surface area contributed by atoms with Gasteiger partial charge in [0.05, 0.1) is 41.3 Å². The van der Waals surface area contributed by atoms with Crippen LogP contribution in [-0.2, 0) is 11.8 Å². The number of aryl methyl sites for hydroxylation is 1. The molecule has 230 valence electrons. The van der Waals surface area contributed by atoms with Gasteiger partial charge in [-0.15, -0.1) is 0 Å². The maximum absolute atomic E-state index is 13.8. The number of aromatic nitrogens is 5. The van der Waals surface area contributed by atoms with Crippen molar-refractivity contribution in [2.24, 2.45) is 13.0 Å². The van der Waals surface area contributed by atoms with Gasteiger partial charge in [-0.1, -0.05) is 43.1 Å². The lowest BCUT2D eigenvalue weighted by Crippen LogP contribution is -2.27. The molecule has 2 aromatic carbocycles. The van der Waals surface area contributed by atoms with Crippen LogP contribution in [0.2, 0.25) is 5.02 Å². The number of hydrogen-bond acceptors (Lipinski definition) is 6. The summed E-state index contributed by atoms with van der Waals surface area (Å²) < 4.78 is 33.6. The van der Waals surface area contributed by atoms with Crippen LogP contribution in [0.1, 0.15) is 37.9 Å². The van der Waals surface area contributed by atoms with Crippen molar-refractivity contribution in [2.75, 3.05) is 5.32 Å². The van der Waals surface area contributed by atoms with Gasteiger partial charge in [0.15, 0.2) is 0 Å². The molecule has 5 aromatic rings. The molecule has 0 aliphatic carbocycles. The van der Waals surface area contributed by atoms with Crippen molar-refractivity contribution >= 4 is 23.2 Å². The molecule has 9 nitrogen and oxygen atoms in total. The molecular formula is C33H29ClF2N6O3. The Balaban J connectivity index is 1.41. The predicted molar refractivity (Wildman–Crippen MR) is 167 cm³/mol. The second-order valence-electron chi connectivity index (χ2n) is 11.0. The van der Waals surface area contributed by atoms with Crippen LogP contribution in [0.3, 0.4) is 0 Å². The number of nitrogens with one attached hydrogen (secondary N) is 1. The number of pyridine rings is 1. The molecule has 1 aliphatic heterocycles. The molecule has 12 heteroatoms. The minimum Gasteiger partial charge on any atom is -0.435 e. The van der Waals surface area contributed by atoms with Crippen molar-refractivity contribution in [3.8, 4) is 39.4 Å². The highest BCUT2D eigenvalue weighted by Crippen LogP contribution is 2.36. The molecular weight excluding hydrogens is 602 g/mol. The highest BCUT2D eigenvalue weighted by atomic mass is 35.5. The van der Waals surface area contributed by atoms with E-state index in [0.717, 1.165) is 11.3 Å². The second kappa shape index (κ2) is 12.6. The van der Waals surface area contributed by atoms with E-state index in [4.69, 9.17) is 11.6 Å². The largest absolute Gasteiger partial charge is 0.435 e. The molecule has 1 N–H and O–H groups in total. The van der Waals surface area contributed by atoms with E-state index in [9.17, 15) is 18.4 Å². The highest BCUT2D eigenvalue weighted by Gasteiger charge is 2.24. The van der Waals surface area contributed by atoms with E-state index in [1.54, 1.807) is 59.0 Å². The zero-order valence-corrected chi connectivity index (χ0v) is 25.2. The third-order valence-electron chi connectivity index (χ3n) is 7.95. The number of carbonyl (C=O) groups excluding carboxylic acids is 1. The van der Waals surface area contributed by atoms with E-state index in [0.29, 0.717) is 58.1 Å². The topological polar surface area (TPSA) is 104 Å². The minimum atomic E-state index is -2.96. The lowest BCUT2D eigenvalue weighted by molar-refractivity contribution is -0.119. The maximum Gasteiger partial charge on any atom is 0.387 e. The van der Waals surface area contributed by atoms with Crippen LogP contribution in [0.5, 0.6) is 5.75 Å². The monoisotopic (exact) mass is 630 g/mol. The first-order valence-corrected chi connectivity index (χ1v) is 14.8. The number of fused-ring (bicyclic) bond motifs is 4. The number of ether oxygens (including phenoxy) is 1. The Kier molecular flexibility index (Phi) is 8.44. The van der Waals surface area contributed by atoms with Crippen molar-refractivity contribution in [2.45, 2.75) is 38.8 Å². The molecule has 1 aliphatic rings. The summed E-state index contributed by atoms with van der Waals surface area (Å²) in [5.41, 5.74) is 4.67. The summed E-state index contributed by atoms with van der Waals surface area (Å²) in [6, 6.07) is 16.2. The van der Waals surface area contributed by atoms with E-state index in [1.807, 2.05) is 19.1 Å². The number of carbonyl (C=O) groups is 1. The summed E-state index contributed by atoms with van der Waals surface area (Å²) in [5, 5.41) is 7.78. The van der Waals surface area contributed by atoms with Crippen molar-refractivity contribution in [3.05, 3.63) is 100 Å². The molecule has 6 rings (SSSR count). The van der Waals surface area contributed by atoms with Gasteiger partial charge in [-0.25, -0.2) is 4.98 Å². The summed E-state index contributed by atoms with van der Waals surface area (Å²) in [7, 11) is 1.80. The SMILES string of the molecule is CC1CCCC(n2cnc(-c3cc(Cl)ccc3-c3cccc(OC(F)F)c3)cc2=O)c2cc(ccn2)-c2c(cnn2C)NC1=O. The number of benzene rings is 2. The van der Waals surface area contributed by atoms with Crippen LogP contribution in [0.15, 0.2) is 84.2 Å². The Morgan fingerprint density at radius 1 is 1.00 bits per heavy atom. The fourth-order valence-corrected chi connectivity index (χ4v) is 5.87. The summed E-state index contributed by atoms with van der Waals surface area (Å²) in [6.45, 7) is -1.08. The lowest BCUT2D eigenvalue weighted by atomic mass is 9.96. The van der Waals surface area contributed by atoms with E-state index >= 15 is 0 Å². The van der Waals surface area contributed by atoms with Crippen molar-refractivity contribution in [1.82, 2.24) is 24.3 Å². The smallest absolute Gasteiger partial charge is 0.387 e. The molecule has 0 spiro atoms. The first kappa shape index (κ1) is 30.1. The van der Waals surface area contributed by atoms with Gasteiger partial charge in [-0.3, -0.25) is 23.8 Å².